The molecule has 2 aromatic heterocycles. The van der Waals surface area contributed by atoms with Gasteiger partial charge in [0, 0.05) is 17.5 Å². The second-order valence-corrected chi connectivity index (χ2v) is 7.20. The van der Waals surface area contributed by atoms with E-state index in [9.17, 15) is 4.79 Å². The highest BCUT2D eigenvalue weighted by atomic mass is 16.3. The van der Waals surface area contributed by atoms with Gasteiger partial charge in [0.15, 0.2) is 0 Å². The molecular weight excluding hydrogens is 340 g/mol. The van der Waals surface area contributed by atoms with E-state index in [0.29, 0.717) is 13.0 Å². The Bertz CT molecular complexity index is 892. The number of amides is 1. The van der Waals surface area contributed by atoms with Crippen LogP contribution in [-0.2, 0) is 17.6 Å². The first-order valence-electron chi connectivity index (χ1n) is 9.77. The number of furan rings is 2. The van der Waals surface area contributed by atoms with Crippen LogP contribution in [0.5, 0.6) is 0 Å². The molecule has 1 amide bonds. The number of nitrogens with zero attached hydrogens (tertiary/aromatic N) is 1. The van der Waals surface area contributed by atoms with Crippen molar-refractivity contribution in [3.63, 3.8) is 0 Å². The molecule has 5 nitrogen and oxygen atoms in total. The molecule has 1 fully saturated rings. The maximum Gasteiger partial charge on any atom is 0.224 e. The molecule has 1 N–H and O–H groups in total. The number of hydrogen-bond donors (Lipinski definition) is 1. The second kappa shape index (κ2) is 8.01. The Morgan fingerprint density at radius 3 is 2.81 bits per heavy atom. The van der Waals surface area contributed by atoms with E-state index in [2.05, 4.69) is 35.3 Å². The van der Waals surface area contributed by atoms with Crippen molar-refractivity contribution in [2.24, 2.45) is 0 Å². The smallest absolute Gasteiger partial charge is 0.224 e. The number of aryl methyl sites for hydroxylation is 1. The molecule has 4 rings (SSSR count). The zero-order valence-corrected chi connectivity index (χ0v) is 15.7. The Labute approximate surface area is 159 Å². The van der Waals surface area contributed by atoms with Crippen molar-refractivity contribution in [3.05, 3.63) is 59.7 Å². The summed E-state index contributed by atoms with van der Waals surface area (Å²) in [4.78, 5) is 15.0. The van der Waals surface area contributed by atoms with Crippen molar-refractivity contribution in [1.29, 1.82) is 0 Å². The standard InChI is InChI=1S/C22H26N2O3/c1-2-16-7-8-18-17(15-27-21(18)12-16)13-22(25)23-14-19(20-6-5-11-26-20)24-9-3-4-10-24/h5-8,11-12,15,19H,2-4,9-10,13-14H2,1H3,(H,23,25)/t19-/m0/s1. The van der Waals surface area contributed by atoms with Crippen LogP contribution in [0.25, 0.3) is 11.0 Å². The highest BCUT2D eigenvalue weighted by Gasteiger charge is 2.26. The van der Waals surface area contributed by atoms with Gasteiger partial charge in [-0.05, 0) is 56.1 Å². The summed E-state index contributed by atoms with van der Waals surface area (Å²) in [6.07, 6.45) is 7.09. The molecule has 0 bridgehead atoms. The van der Waals surface area contributed by atoms with Gasteiger partial charge in [0.25, 0.3) is 0 Å². The molecule has 1 aliphatic rings. The van der Waals surface area contributed by atoms with E-state index >= 15 is 0 Å². The van der Waals surface area contributed by atoms with Crippen molar-refractivity contribution >= 4 is 16.9 Å². The summed E-state index contributed by atoms with van der Waals surface area (Å²) in [5.74, 6) is 0.922. The van der Waals surface area contributed by atoms with Crippen LogP contribution in [0.3, 0.4) is 0 Å². The van der Waals surface area contributed by atoms with Crippen LogP contribution in [0, 0.1) is 0 Å². The fourth-order valence-electron chi connectivity index (χ4n) is 3.87. The number of rotatable bonds is 7. The highest BCUT2D eigenvalue weighted by Crippen LogP contribution is 2.26. The minimum absolute atomic E-state index is 0.00743. The summed E-state index contributed by atoms with van der Waals surface area (Å²) in [6, 6.07) is 10.2. The maximum atomic E-state index is 12.6. The van der Waals surface area contributed by atoms with E-state index < -0.39 is 0 Å². The SMILES string of the molecule is CCc1ccc2c(CC(=O)NC[C@@H](c3ccco3)N3CCCC3)coc2c1. The van der Waals surface area contributed by atoms with Gasteiger partial charge in [0.2, 0.25) is 5.91 Å². The quantitative estimate of drug-likeness (QED) is 0.684. The minimum Gasteiger partial charge on any atom is -0.468 e. The van der Waals surface area contributed by atoms with Gasteiger partial charge < -0.3 is 14.2 Å². The van der Waals surface area contributed by atoms with Gasteiger partial charge in [-0.2, -0.15) is 0 Å². The molecular formula is C22H26N2O3. The fraction of sp³-hybridized carbons (Fsp3) is 0.409. The minimum atomic E-state index is 0.00743. The van der Waals surface area contributed by atoms with Crippen molar-refractivity contribution in [2.75, 3.05) is 19.6 Å². The molecule has 1 aromatic carbocycles. The van der Waals surface area contributed by atoms with Crippen molar-refractivity contribution in [2.45, 2.75) is 38.6 Å². The summed E-state index contributed by atoms with van der Waals surface area (Å²) >= 11 is 0. The summed E-state index contributed by atoms with van der Waals surface area (Å²) in [5.41, 5.74) is 3.02. The van der Waals surface area contributed by atoms with Crippen LogP contribution in [0.1, 0.15) is 42.7 Å². The molecule has 5 heteroatoms. The molecule has 0 unspecified atom stereocenters. The maximum absolute atomic E-state index is 12.6. The number of hydrogen-bond acceptors (Lipinski definition) is 4. The van der Waals surface area contributed by atoms with Gasteiger partial charge in [0.05, 0.1) is 25.0 Å². The zero-order chi connectivity index (χ0) is 18.6. The van der Waals surface area contributed by atoms with E-state index in [4.69, 9.17) is 8.83 Å². The first-order valence-corrected chi connectivity index (χ1v) is 9.77. The van der Waals surface area contributed by atoms with Crippen LogP contribution in [0.15, 0.2) is 51.7 Å². The molecule has 3 aromatic rings. The number of likely N-dealkylation sites (tertiary alicyclic amines) is 1. The normalized spacial score (nSPS) is 16.0. The van der Waals surface area contributed by atoms with Crippen LogP contribution < -0.4 is 5.32 Å². The second-order valence-electron chi connectivity index (χ2n) is 7.20. The molecule has 0 aliphatic carbocycles. The fourth-order valence-corrected chi connectivity index (χ4v) is 3.87. The highest BCUT2D eigenvalue weighted by molar-refractivity contribution is 5.87. The Morgan fingerprint density at radius 2 is 2.07 bits per heavy atom. The third-order valence-corrected chi connectivity index (χ3v) is 5.42. The Hall–Kier alpha value is -2.53. The van der Waals surface area contributed by atoms with E-state index in [1.807, 2.05) is 12.1 Å². The van der Waals surface area contributed by atoms with Crippen LogP contribution in [-0.4, -0.2) is 30.4 Å². The van der Waals surface area contributed by atoms with Gasteiger partial charge in [-0.25, -0.2) is 0 Å². The summed E-state index contributed by atoms with van der Waals surface area (Å²) in [5, 5.41) is 4.11. The first kappa shape index (κ1) is 17.9. The van der Waals surface area contributed by atoms with Crippen LogP contribution >= 0.6 is 0 Å². The summed E-state index contributed by atoms with van der Waals surface area (Å²) in [7, 11) is 0. The Kier molecular flexibility index (Phi) is 5.30. The van der Waals surface area contributed by atoms with Crippen molar-refractivity contribution in [1.82, 2.24) is 10.2 Å². The Morgan fingerprint density at radius 1 is 1.22 bits per heavy atom. The average Bonchev–Trinajstić information content (AvgIpc) is 3.44. The van der Waals surface area contributed by atoms with E-state index in [1.54, 1.807) is 12.5 Å². The third-order valence-electron chi connectivity index (χ3n) is 5.42. The zero-order valence-electron chi connectivity index (χ0n) is 15.7. The van der Waals surface area contributed by atoms with Gasteiger partial charge in [0.1, 0.15) is 11.3 Å². The number of benzene rings is 1. The lowest BCUT2D eigenvalue weighted by Crippen LogP contribution is -2.37. The molecule has 0 spiro atoms. The molecule has 1 atom stereocenters. The average molecular weight is 366 g/mol. The predicted octanol–water partition coefficient (Wildman–Crippen LogP) is 4.08. The largest absolute Gasteiger partial charge is 0.468 e. The van der Waals surface area contributed by atoms with Crippen LogP contribution in [0.2, 0.25) is 0 Å². The molecule has 0 radical (unpaired) electrons. The number of carbonyl (C=O) groups excluding carboxylic acids is 1. The van der Waals surface area contributed by atoms with E-state index in [1.165, 1.54) is 18.4 Å². The first-order chi connectivity index (χ1) is 13.2. The van der Waals surface area contributed by atoms with Crippen molar-refractivity contribution in [3.8, 4) is 0 Å². The molecule has 27 heavy (non-hydrogen) atoms. The lowest BCUT2D eigenvalue weighted by atomic mass is 10.1. The predicted molar refractivity (Wildman–Crippen MR) is 105 cm³/mol. The van der Waals surface area contributed by atoms with Crippen LogP contribution in [0.4, 0.5) is 0 Å². The molecule has 0 saturated carbocycles. The van der Waals surface area contributed by atoms with E-state index in [0.717, 1.165) is 41.8 Å². The summed E-state index contributed by atoms with van der Waals surface area (Å²) in [6.45, 7) is 4.77. The topological polar surface area (TPSA) is 58.6 Å². The summed E-state index contributed by atoms with van der Waals surface area (Å²) < 4.78 is 11.3. The van der Waals surface area contributed by atoms with Crippen molar-refractivity contribution < 1.29 is 13.6 Å². The lowest BCUT2D eigenvalue weighted by molar-refractivity contribution is -0.120. The number of nitrogens with one attached hydrogen (secondary N) is 1. The Balaban J connectivity index is 1.41. The molecule has 142 valence electrons. The van der Waals surface area contributed by atoms with E-state index in [-0.39, 0.29) is 11.9 Å². The third kappa shape index (κ3) is 3.93. The van der Waals surface area contributed by atoms with Gasteiger partial charge in [-0.3, -0.25) is 9.69 Å². The molecule has 1 saturated heterocycles. The number of carbonyl (C=O) groups is 1. The molecule has 3 heterocycles. The van der Waals surface area contributed by atoms with Gasteiger partial charge in [-0.15, -0.1) is 0 Å². The number of fused-ring (bicyclic) bond motifs is 1. The lowest BCUT2D eigenvalue weighted by Gasteiger charge is -2.26. The monoisotopic (exact) mass is 366 g/mol. The van der Waals surface area contributed by atoms with Gasteiger partial charge >= 0.3 is 0 Å². The molecule has 1 aliphatic heterocycles. The van der Waals surface area contributed by atoms with Gasteiger partial charge in [-0.1, -0.05) is 19.1 Å².